The van der Waals surface area contributed by atoms with E-state index in [4.69, 9.17) is 16.3 Å². The van der Waals surface area contributed by atoms with E-state index in [0.29, 0.717) is 16.7 Å². The lowest BCUT2D eigenvalue weighted by atomic mass is 9.96. The number of H-pyrrole nitrogens is 1. The number of halogens is 1. The minimum absolute atomic E-state index is 0.0165. The third-order valence-electron chi connectivity index (χ3n) is 4.17. The second kappa shape index (κ2) is 7.04. The number of imidazole rings is 1. The Bertz CT molecular complexity index is 652. The van der Waals surface area contributed by atoms with Gasteiger partial charge >= 0.3 is 0 Å². The van der Waals surface area contributed by atoms with Crippen molar-refractivity contribution in [1.29, 1.82) is 0 Å². The molecule has 1 atom stereocenters. The number of hydrogen-bond donors (Lipinski definition) is 1. The fourth-order valence-corrected chi connectivity index (χ4v) is 3.11. The fourth-order valence-electron chi connectivity index (χ4n) is 2.93. The Hall–Kier alpha value is -2.01. The molecule has 0 spiro atoms. The van der Waals surface area contributed by atoms with Gasteiger partial charge in [-0.3, -0.25) is 4.79 Å². The van der Waals surface area contributed by atoms with E-state index in [2.05, 4.69) is 9.97 Å². The number of carbonyl (C=O) groups excluding carboxylic acids is 1. The minimum Gasteiger partial charge on any atom is -0.481 e. The van der Waals surface area contributed by atoms with Crippen LogP contribution in [0, 0.1) is 0 Å². The maximum Gasteiger partial charge on any atom is 0.263 e. The SMILES string of the molecule is CC(Oc1cccc(Cl)c1)C(=O)N1CCC(c2ncc[nH]2)CC1. The van der Waals surface area contributed by atoms with E-state index in [1.807, 2.05) is 17.2 Å². The zero-order chi connectivity index (χ0) is 16.2. The number of piperidine rings is 1. The first-order valence-electron chi connectivity index (χ1n) is 7.84. The highest BCUT2D eigenvalue weighted by Crippen LogP contribution is 2.26. The molecule has 1 N–H and O–H groups in total. The van der Waals surface area contributed by atoms with Gasteiger partial charge in [0.2, 0.25) is 0 Å². The first-order valence-corrected chi connectivity index (χ1v) is 8.21. The van der Waals surface area contributed by atoms with Gasteiger partial charge in [-0.15, -0.1) is 0 Å². The van der Waals surface area contributed by atoms with Crippen LogP contribution >= 0.6 is 11.6 Å². The van der Waals surface area contributed by atoms with E-state index < -0.39 is 6.10 Å². The highest BCUT2D eigenvalue weighted by molar-refractivity contribution is 6.30. The van der Waals surface area contributed by atoms with Crippen LogP contribution in [0.25, 0.3) is 0 Å². The van der Waals surface area contributed by atoms with Gasteiger partial charge in [-0.1, -0.05) is 17.7 Å². The number of aromatic nitrogens is 2. The molecule has 1 amide bonds. The average molecular weight is 334 g/mol. The van der Waals surface area contributed by atoms with E-state index in [-0.39, 0.29) is 5.91 Å². The molecule has 1 fully saturated rings. The summed E-state index contributed by atoms with van der Waals surface area (Å²) < 4.78 is 5.72. The van der Waals surface area contributed by atoms with Crippen molar-refractivity contribution in [3.05, 3.63) is 47.5 Å². The summed E-state index contributed by atoms with van der Waals surface area (Å²) in [6, 6.07) is 7.11. The molecule has 0 radical (unpaired) electrons. The van der Waals surface area contributed by atoms with Crippen molar-refractivity contribution in [2.24, 2.45) is 0 Å². The summed E-state index contributed by atoms with van der Waals surface area (Å²) in [6.45, 7) is 3.24. The van der Waals surface area contributed by atoms with Crippen LogP contribution in [0.2, 0.25) is 5.02 Å². The molecule has 3 rings (SSSR count). The Kier molecular flexibility index (Phi) is 4.86. The van der Waals surface area contributed by atoms with Crippen LogP contribution in [0.15, 0.2) is 36.7 Å². The van der Waals surface area contributed by atoms with Gasteiger partial charge in [-0.05, 0) is 38.0 Å². The molecule has 2 aromatic rings. The first kappa shape index (κ1) is 15.9. The normalized spacial score (nSPS) is 17.0. The number of ether oxygens (including phenoxy) is 1. The van der Waals surface area contributed by atoms with Gasteiger partial charge in [0.05, 0.1) is 0 Å². The molecular weight excluding hydrogens is 314 g/mol. The molecule has 1 unspecified atom stereocenters. The molecule has 23 heavy (non-hydrogen) atoms. The van der Waals surface area contributed by atoms with E-state index in [9.17, 15) is 4.79 Å². The molecule has 2 heterocycles. The summed E-state index contributed by atoms with van der Waals surface area (Å²) >= 11 is 5.94. The molecule has 0 bridgehead atoms. The fraction of sp³-hybridized carbons (Fsp3) is 0.412. The number of nitrogens with zero attached hydrogens (tertiary/aromatic N) is 2. The topological polar surface area (TPSA) is 58.2 Å². The summed E-state index contributed by atoms with van der Waals surface area (Å²) in [6.07, 6.45) is 4.93. The summed E-state index contributed by atoms with van der Waals surface area (Å²) in [5.74, 6) is 2.05. The number of carbonyl (C=O) groups is 1. The Morgan fingerprint density at radius 3 is 2.87 bits per heavy atom. The number of rotatable bonds is 4. The predicted molar refractivity (Wildman–Crippen MR) is 88.7 cm³/mol. The average Bonchev–Trinajstić information content (AvgIpc) is 3.09. The van der Waals surface area contributed by atoms with Gasteiger partial charge in [0.15, 0.2) is 6.10 Å². The molecule has 1 aliphatic rings. The molecule has 6 heteroatoms. The third-order valence-corrected chi connectivity index (χ3v) is 4.40. The molecule has 1 saturated heterocycles. The summed E-state index contributed by atoms with van der Waals surface area (Å²) in [5.41, 5.74) is 0. The van der Waals surface area contributed by atoms with Crippen LogP contribution in [0.4, 0.5) is 0 Å². The van der Waals surface area contributed by atoms with Gasteiger partial charge in [0.25, 0.3) is 5.91 Å². The van der Waals surface area contributed by atoms with Crippen LogP contribution in [0.3, 0.4) is 0 Å². The van der Waals surface area contributed by atoms with Crippen LogP contribution in [0.1, 0.15) is 31.5 Å². The van der Waals surface area contributed by atoms with Crippen molar-refractivity contribution in [3.8, 4) is 5.75 Å². The second-order valence-electron chi connectivity index (χ2n) is 5.79. The van der Waals surface area contributed by atoms with E-state index in [0.717, 1.165) is 31.8 Å². The second-order valence-corrected chi connectivity index (χ2v) is 6.23. The van der Waals surface area contributed by atoms with Crippen LogP contribution in [-0.2, 0) is 4.79 Å². The lowest BCUT2D eigenvalue weighted by Crippen LogP contribution is -2.44. The lowest BCUT2D eigenvalue weighted by molar-refractivity contribution is -0.139. The number of benzene rings is 1. The quantitative estimate of drug-likeness (QED) is 0.934. The van der Waals surface area contributed by atoms with Gasteiger partial charge in [-0.2, -0.15) is 0 Å². The number of likely N-dealkylation sites (tertiary alicyclic amines) is 1. The molecule has 122 valence electrons. The van der Waals surface area contributed by atoms with E-state index >= 15 is 0 Å². The molecule has 1 aromatic carbocycles. The van der Waals surface area contributed by atoms with Crippen molar-refractivity contribution in [3.63, 3.8) is 0 Å². The molecule has 5 nitrogen and oxygen atoms in total. The summed E-state index contributed by atoms with van der Waals surface area (Å²) in [5, 5.41) is 0.599. The molecule has 1 aromatic heterocycles. The molecule has 1 aliphatic heterocycles. The monoisotopic (exact) mass is 333 g/mol. The Morgan fingerprint density at radius 2 is 2.22 bits per heavy atom. The highest BCUT2D eigenvalue weighted by Gasteiger charge is 2.28. The third kappa shape index (κ3) is 3.85. The molecular formula is C17H20ClN3O2. The van der Waals surface area contributed by atoms with Crippen LogP contribution < -0.4 is 4.74 Å². The van der Waals surface area contributed by atoms with Gasteiger partial charge in [0.1, 0.15) is 11.6 Å². The van der Waals surface area contributed by atoms with Crippen molar-refractivity contribution in [1.82, 2.24) is 14.9 Å². The number of aromatic amines is 1. The van der Waals surface area contributed by atoms with Crippen molar-refractivity contribution >= 4 is 17.5 Å². The Balaban J connectivity index is 1.54. The first-order chi connectivity index (χ1) is 11.1. The van der Waals surface area contributed by atoms with E-state index in [1.165, 1.54) is 0 Å². The number of amides is 1. The van der Waals surface area contributed by atoms with Crippen molar-refractivity contribution in [2.45, 2.75) is 31.8 Å². The molecule has 0 saturated carbocycles. The zero-order valence-corrected chi connectivity index (χ0v) is 13.8. The minimum atomic E-state index is -0.520. The lowest BCUT2D eigenvalue weighted by Gasteiger charge is -2.32. The van der Waals surface area contributed by atoms with Gasteiger partial charge in [-0.25, -0.2) is 4.98 Å². The zero-order valence-electron chi connectivity index (χ0n) is 13.0. The largest absolute Gasteiger partial charge is 0.481 e. The predicted octanol–water partition coefficient (Wildman–Crippen LogP) is 3.24. The van der Waals surface area contributed by atoms with Crippen LogP contribution in [-0.4, -0.2) is 40.0 Å². The van der Waals surface area contributed by atoms with Gasteiger partial charge < -0.3 is 14.6 Å². The summed E-state index contributed by atoms with van der Waals surface area (Å²) in [7, 11) is 0. The maximum absolute atomic E-state index is 12.5. The highest BCUT2D eigenvalue weighted by atomic mass is 35.5. The van der Waals surface area contributed by atoms with Gasteiger partial charge in [0, 0.05) is 36.4 Å². The summed E-state index contributed by atoms with van der Waals surface area (Å²) in [4.78, 5) is 21.9. The van der Waals surface area contributed by atoms with Crippen molar-refractivity contribution in [2.75, 3.05) is 13.1 Å². The molecule has 0 aliphatic carbocycles. The van der Waals surface area contributed by atoms with Crippen LogP contribution in [0.5, 0.6) is 5.75 Å². The Morgan fingerprint density at radius 1 is 1.43 bits per heavy atom. The smallest absolute Gasteiger partial charge is 0.263 e. The van der Waals surface area contributed by atoms with Crippen molar-refractivity contribution < 1.29 is 9.53 Å². The Labute approximate surface area is 140 Å². The standard InChI is InChI=1S/C17H20ClN3O2/c1-12(23-15-4-2-3-14(18)11-15)17(22)21-9-5-13(6-10-21)16-19-7-8-20-16/h2-4,7-8,11-13H,5-6,9-10H2,1H3,(H,19,20). The number of nitrogens with one attached hydrogen (secondary N) is 1. The van der Waals surface area contributed by atoms with E-state index in [1.54, 1.807) is 31.3 Å². The maximum atomic E-state index is 12.5. The number of hydrogen-bond acceptors (Lipinski definition) is 3.